The summed E-state index contributed by atoms with van der Waals surface area (Å²) in [5.74, 6) is 0.192. The lowest BCUT2D eigenvalue weighted by atomic mass is 9.99. The topological polar surface area (TPSA) is 126 Å². The van der Waals surface area contributed by atoms with E-state index in [9.17, 15) is 25.2 Å². The van der Waals surface area contributed by atoms with Crippen LogP contribution in [0.2, 0.25) is 0 Å². The second kappa shape index (κ2) is 5.98. The van der Waals surface area contributed by atoms with Crippen molar-refractivity contribution in [2.45, 2.75) is 50.2 Å². The van der Waals surface area contributed by atoms with Crippen LogP contribution in [0.5, 0.6) is 11.5 Å². The van der Waals surface area contributed by atoms with Gasteiger partial charge in [-0.25, -0.2) is 0 Å². The van der Waals surface area contributed by atoms with Crippen molar-refractivity contribution in [1.29, 1.82) is 0 Å². The van der Waals surface area contributed by atoms with Crippen LogP contribution in [0.15, 0.2) is 18.2 Å². The zero-order valence-electron chi connectivity index (χ0n) is 13.2. The number of carbonyl (C=O) groups excluding carboxylic acids is 1. The number of fused-ring (bicyclic) bond motifs is 1. The molecule has 2 heterocycles. The van der Waals surface area contributed by atoms with E-state index in [2.05, 4.69) is 0 Å². The summed E-state index contributed by atoms with van der Waals surface area (Å²) < 4.78 is 16.5. The molecular formula is C16H20O8. The highest BCUT2D eigenvalue weighted by Gasteiger charge is 2.46. The van der Waals surface area contributed by atoms with Crippen LogP contribution in [0, 0.1) is 0 Å². The van der Waals surface area contributed by atoms with E-state index < -0.39 is 42.9 Å². The van der Waals surface area contributed by atoms with E-state index in [4.69, 9.17) is 14.2 Å². The molecule has 8 nitrogen and oxygen atoms in total. The van der Waals surface area contributed by atoms with Gasteiger partial charge in [-0.1, -0.05) is 6.07 Å². The lowest BCUT2D eigenvalue weighted by molar-refractivity contribution is -0.277. The average molecular weight is 340 g/mol. The number of ketones is 1. The molecule has 1 saturated heterocycles. The summed E-state index contributed by atoms with van der Waals surface area (Å²) in [6.45, 7) is 2.71. The number of rotatable bonds is 3. The first kappa shape index (κ1) is 17.1. The molecule has 0 aromatic heterocycles. The van der Waals surface area contributed by atoms with Gasteiger partial charge in [0.2, 0.25) is 12.1 Å². The van der Waals surface area contributed by atoms with Crippen molar-refractivity contribution < 1.29 is 39.4 Å². The maximum Gasteiger partial charge on any atom is 0.229 e. The molecule has 0 radical (unpaired) electrons. The molecule has 0 bridgehead atoms. The fourth-order valence-electron chi connectivity index (χ4n) is 2.81. The molecule has 1 fully saturated rings. The fourth-order valence-corrected chi connectivity index (χ4v) is 2.81. The normalized spacial score (nSPS) is 34.6. The Labute approximate surface area is 138 Å². The first-order valence-corrected chi connectivity index (χ1v) is 7.60. The van der Waals surface area contributed by atoms with Gasteiger partial charge in [0.15, 0.2) is 17.1 Å². The van der Waals surface area contributed by atoms with E-state index in [1.54, 1.807) is 26.0 Å². The van der Waals surface area contributed by atoms with Crippen LogP contribution in [0.1, 0.15) is 24.2 Å². The van der Waals surface area contributed by atoms with E-state index in [0.29, 0.717) is 5.56 Å². The average Bonchev–Trinajstić information content (AvgIpc) is 2.79. The Morgan fingerprint density at radius 1 is 1.17 bits per heavy atom. The summed E-state index contributed by atoms with van der Waals surface area (Å²) >= 11 is 0. The van der Waals surface area contributed by atoms with Gasteiger partial charge in [0.1, 0.15) is 24.4 Å². The summed E-state index contributed by atoms with van der Waals surface area (Å²) in [6.07, 6.45) is -6.97. The number of aliphatic hydroxyl groups excluding tert-OH is 4. The van der Waals surface area contributed by atoms with Crippen LogP contribution in [0.4, 0.5) is 0 Å². The number of ether oxygens (including phenoxy) is 3. The smallest absolute Gasteiger partial charge is 0.229 e. The third-order valence-electron chi connectivity index (χ3n) is 4.22. The lowest BCUT2D eigenvalue weighted by Crippen LogP contribution is -2.60. The fraction of sp³-hybridized carbons (Fsp3) is 0.562. The highest BCUT2D eigenvalue weighted by molar-refractivity contribution is 6.07. The van der Waals surface area contributed by atoms with Gasteiger partial charge < -0.3 is 34.6 Å². The minimum Gasteiger partial charge on any atom is -0.475 e. The summed E-state index contributed by atoms with van der Waals surface area (Å²) in [5, 5.41) is 38.8. The second-order valence-corrected chi connectivity index (χ2v) is 6.39. The quantitative estimate of drug-likeness (QED) is 0.565. The first-order valence-electron chi connectivity index (χ1n) is 7.60. The number of hydrogen-bond acceptors (Lipinski definition) is 8. The van der Waals surface area contributed by atoms with E-state index >= 15 is 0 Å². The van der Waals surface area contributed by atoms with Crippen LogP contribution in [0.3, 0.4) is 0 Å². The molecule has 0 aliphatic carbocycles. The largest absolute Gasteiger partial charge is 0.475 e. The molecule has 24 heavy (non-hydrogen) atoms. The summed E-state index contributed by atoms with van der Waals surface area (Å²) in [6, 6.07) is 4.74. The molecule has 4 N–H and O–H groups in total. The van der Waals surface area contributed by atoms with Crippen molar-refractivity contribution in [3.63, 3.8) is 0 Å². The molecule has 8 heteroatoms. The van der Waals surface area contributed by atoms with E-state index in [0.717, 1.165) is 0 Å². The molecule has 1 aromatic carbocycles. The molecule has 132 valence electrons. The lowest BCUT2D eigenvalue weighted by Gasteiger charge is -2.39. The van der Waals surface area contributed by atoms with Gasteiger partial charge in [-0.2, -0.15) is 0 Å². The van der Waals surface area contributed by atoms with E-state index in [1.165, 1.54) is 6.07 Å². The summed E-state index contributed by atoms with van der Waals surface area (Å²) in [5.41, 5.74) is -0.681. The standard InChI is InChI=1S/C16H20O8/c1-16(2)14(21)7-4-3-5-8(13(7)24-16)22-15-12(20)11(19)10(18)9(6-17)23-15/h3-5,9-12,15,17-20H,6H2,1-2H3/t9-,10-,11+,12-,15-/m1/s1. The number of Topliss-reactive ketones (excluding diaryl/α,β-unsaturated/α-hetero) is 1. The maximum absolute atomic E-state index is 12.3. The van der Waals surface area contributed by atoms with Crippen molar-refractivity contribution in [1.82, 2.24) is 0 Å². The Hall–Kier alpha value is -1.71. The van der Waals surface area contributed by atoms with Crippen molar-refractivity contribution >= 4 is 5.78 Å². The highest BCUT2D eigenvalue weighted by Crippen LogP contribution is 2.42. The highest BCUT2D eigenvalue weighted by atomic mass is 16.7. The van der Waals surface area contributed by atoms with Gasteiger partial charge in [0.05, 0.1) is 12.2 Å². The zero-order chi connectivity index (χ0) is 17.6. The van der Waals surface area contributed by atoms with E-state index in [-0.39, 0.29) is 17.3 Å². The van der Waals surface area contributed by atoms with Gasteiger partial charge in [-0.3, -0.25) is 4.79 Å². The van der Waals surface area contributed by atoms with Gasteiger partial charge in [-0.05, 0) is 26.0 Å². The molecule has 2 aliphatic heterocycles. The Morgan fingerprint density at radius 3 is 2.54 bits per heavy atom. The molecule has 5 atom stereocenters. The van der Waals surface area contributed by atoms with Crippen LogP contribution in [-0.4, -0.2) is 69.1 Å². The number of benzene rings is 1. The molecule has 3 rings (SSSR count). The molecule has 0 unspecified atom stereocenters. The summed E-state index contributed by atoms with van der Waals surface area (Å²) in [7, 11) is 0. The van der Waals surface area contributed by atoms with Gasteiger partial charge in [0, 0.05) is 0 Å². The molecule has 1 aromatic rings. The monoisotopic (exact) mass is 340 g/mol. The molecule has 0 saturated carbocycles. The van der Waals surface area contributed by atoms with Crippen LogP contribution in [0.25, 0.3) is 0 Å². The predicted molar refractivity (Wildman–Crippen MR) is 79.9 cm³/mol. The Bertz CT molecular complexity index is 641. The van der Waals surface area contributed by atoms with Crippen molar-refractivity contribution in [3.05, 3.63) is 23.8 Å². The van der Waals surface area contributed by atoms with Crippen molar-refractivity contribution in [2.24, 2.45) is 0 Å². The van der Waals surface area contributed by atoms with Gasteiger partial charge in [-0.15, -0.1) is 0 Å². The summed E-state index contributed by atoms with van der Waals surface area (Å²) in [4.78, 5) is 12.3. The zero-order valence-corrected chi connectivity index (χ0v) is 13.2. The minimum absolute atomic E-state index is 0.163. The van der Waals surface area contributed by atoms with Crippen molar-refractivity contribution in [2.75, 3.05) is 6.61 Å². The number of para-hydroxylation sites is 1. The van der Waals surface area contributed by atoms with Gasteiger partial charge >= 0.3 is 0 Å². The van der Waals surface area contributed by atoms with Crippen LogP contribution >= 0.6 is 0 Å². The molecule has 2 aliphatic rings. The Morgan fingerprint density at radius 2 is 1.88 bits per heavy atom. The first-order chi connectivity index (χ1) is 11.3. The molecule has 0 spiro atoms. The second-order valence-electron chi connectivity index (χ2n) is 6.39. The Kier molecular flexibility index (Phi) is 4.27. The molecule has 0 amide bonds. The Balaban J connectivity index is 1.87. The SMILES string of the molecule is CC1(C)Oc2c(O[C@@H]3O[C@H](CO)[C@@H](O)[C@H](O)[C@H]3O)cccc2C1=O. The number of aliphatic hydroxyl groups is 4. The van der Waals surface area contributed by atoms with Crippen LogP contribution in [-0.2, 0) is 4.74 Å². The third-order valence-corrected chi connectivity index (χ3v) is 4.22. The van der Waals surface area contributed by atoms with E-state index in [1.807, 2.05) is 0 Å². The third kappa shape index (κ3) is 2.66. The van der Waals surface area contributed by atoms with Crippen LogP contribution < -0.4 is 9.47 Å². The molecular weight excluding hydrogens is 320 g/mol. The van der Waals surface area contributed by atoms with Gasteiger partial charge in [0.25, 0.3) is 0 Å². The number of carbonyl (C=O) groups is 1. The van der Waals surface area contributed by atoms with Crippen molar-refractivity contribution in [3.8, 4) is 11.5 Å². The number of hydrogen-bond donors (Lipinski definition) is 4. The predicted octanol–water partition coefficient (Wildman–Crippen LogP) is -0.781. The maximum atomic E-state index is 12.3. The minimum atomic E-state index is -1.54.